The van der Waals surface area contributed by atoms with Crippen molar-refractivity contribution in [2.45, 2.75) is 25.3 Å². The molecule has 3 rings (SSSR count). The normalized spacial score (nSPS) is 12.5. The van der Waals surface area contributed by atoms with E-state index in [4.69, 9.17) is 0 Å². The van der Waals surface area contributed by atoms with Crippen LogP contribution in [0, 0.1) is 6.92 Å². The summed E-state index contributed by atoms with van der Waals surface area (Å²) in [6.45, 7) is 3.97. The minimum absolute atomic E-state index is 0.177. The molecule has 0 fully saturated rings. The fraction of sp³-hybridized carbons (Fsp3) is 0.188. The molecule has 0 atom stereocenters. The van der Waals surface area contributed by atoms with E-state index in [1.807, 2.05) is 31.2 Å². The van der Waals surface area contributed by atoms with E-state index in [2.05, 4.69) is 20.2 Å². The number of nitrogens with one attached hydrogen (secondary N) is 1. The van der Waals surface area contributed by atoms with Gasteiger partial charge < -0.3 is 0 Å². The van der Waals surface area contributed by atoms with Crippen LogP contribution in [0.5, 0.6) is 0 Å². The number of para-hydroxylation sites is 1. The number of fused-ring (bicyclic) bond motifs is 1. The lowest BCUT2D eigenvalue weighted by molar-refractivity contribution is 0.584. The second-order valence-corrected chi connectivity index (χ2v) is 7.15. The summed E-state index contributed by atoms with van der Waals surface area (Å²) in [5, 5.41) is 12.1. The van der Waals surface area contributed by atoms with Crippen molar-refractivity contribution >= 4 is 26.8 Å². The number of benzene rings is 2. The fourth-order valence-corrected chi connectivity index (χ4v) is 3.07. The molecule has 24 heavy (non-hydrogen) atoms. The third-order valence-corrected chi connectivity index (χ3v) is 4.71. The molecule has 0 unspecified atom stereocenters. The van der Waals surface area contributed by atoms with Gasteiger partial charge in [-0.1, -0.05) is 35.0 Å². The van der Waals surface area contributed by atoms with Crippen molar-refractivity contribution < 1.29 is 8.42 Å². The number of aryl methyl sites for hydroxylation is 1. The summed E-state index contributed by atoms with van der Waals surface area (Å²) in [6, 6.07) is 14.1. The van der Waals surface area contributed by atoms with Crippen LogP contribution < -0.4 is 4.83 Å². The molecule has 1 heterocycles. The number of sulfonamides is 1. The molecular formula is C16H17N5O2S. The Bertz CT molecular complexity index is 991. The second-order valence-electron chi connectivity index (χ2n) is 5.49. The Kier molecular flexibility index (Phi) is 4.30. The summed E-state index contributed by atoms with van der Waals surface area (Å²) in [5.74, 6) is 0. The molecule has 0 saturated heterocycles. The van der Waals surface area contributed by atoms with Crippen LogP contribution in [0.1, 0.15) is 12.5 Å². The molecular weight excluding hydrogens is 326 g/mol. The zero-order valence-corrected chi connectivity index (χ0v) is 14.2. The molecule has 1 N–H and O–H groups in total. The summed E-state index contributed by atoms with van der Waals surface area (Å²) in [5.41, 5.74) is 3.21. The number of nitrogens with zero attached hydrogens (tertiary/aromatic N) is 4. The van der Waals surface area contributed by atoms with Gasteiger partial charge in [0.2, 0.25) is 0 Å². The van der Waals surface area contributed by atoms with Crippen molar-refractivity contribution in [2.75, 3.05) is 0 Å². The highest BCUT2D eigenvalue weighted by molar-refractivity contribution is 7.89. The van der Waals surface area contributed by atoms with Crippen molar-refractivity contribution in [3.05, 3.63) is 54.1 Å². The molecule has 124 valence electrons. The zero-order chi connectivity index (χ0) is 17.2. The largest absolute Gasteiger partial charge is 0.276 e. The molecule has 8 heteroatoms. The van der Waals surface area contributed by atoms with E-state index in [0.29, 0.717) is 12.3 Å². The highest BCUT2D eigenvalue weighted by Gasteiger charge is 2.12. The second kappa shape index (κ2) is 6.40. The molecule has 0 bridgehead atoms. The first-order chi connectivity index (χ1) is 11.5. The Labute approximate surface area is 140 Å². The highest BCUT2D eigenvalue weighted by Crippen LogP contribution is 2.11. The number of hydrogen-bond donors (Lipinski definition) is 1. The number of hydrazone groups is 1. The van der Waals surface area contributed by atoms with Crippen LogP contribution in [-0.4, -0.2) is 29.1 Å². The maximum Gasteiger partial charge on any atom is 0.276 e. The predicted molar refractivity (Wildman–Crippen MR) is 92.1 cm³/mol. The van der Waals surface area contributed by atoms with Gasteiger partial charge in [0.25, 0.3) is 10.0 Å². The Hall–Kier alpha value is -2.74. The average Bonchev–Trinajstić information content (AvgIpc) is 2.97. The van der Waals surface area contributed by atoms with Crippen molar-refractivity contribution in [1.29, 1.82) is 0 Å². The molecule has 0 aliphatic rings. The van der Waals surface area contributed by atoms with Gasteiger partial charge in [0.15, 0.2) is 0 Å². The van der Waals surface area contributed by atoms with Crippen LogP contribution in [0.15, 0.2) is 58.5 Å². The van der Waals surface area contributed by atoms with E-state index in [-0.39, 0.29) is 4.90 Å². The predicted octanol–water partition coefficient (Wildman–Crippen LogP) is 2.09. The number of aromatic nitrogens is 3. The third kappa shape index (κ3) is 3.43. The molecule has 0 spiro atoms. The van der Waals surface area contributed by atoms with Crippen LogP contribution in [0.25, 0.3) is 11.0 Å². The van der Waals surface area contributed by atoms with E-state index in [1.165, 1.54) is 0 Å². The van der Waals surface area contributed by atoms with Crippen LogP contribution >= 0.6 is 0 Å². The van der Waals surface area contributed by atoms with E-state index in [1.54, 1.807) is 35.9 Å². The number of hydrogen-bond acceptors (Lipinski definition) is 5. The van der Waals surface area contributed by atoms with E-state index >= 15 is 0 Å². The van der Waals surface area contributed by atoms with Crippen LogP contribution in [0.4, 0.5) is 0 Å². The zero-order valence-electron chi connectivity index (χ0n) is 13.3. The van der Waals surface area contributed by atoms with Crippen LogP contribution in [-0.2, 0) is 16.6 Å². The molecule has 0 radical (unpaired) electrons. The van der Waals surface area contributed by atoms with Gasteiger partial charge in [-0.3, -0.25) is 0 Å². The first-order valence-corrected chi connectivity index (χ1v) is 8.84. The summed E-state index contributed by atoms with van der Waals surface area (Å²) in [4.78, 5) is 2.43. The van der Waals surface area contributed by atoms with Crippen molar-refractivity contribution in [1.82, 2.24) is 19.8 Å². The Morgan fingerprint density at radius 1 is 1.17 bits per heavy atom. The molecule has 0 aliphatic carbocycles. The van der Waals surface area contributed by atoms with Gasteiger partial charge in [0.05, 0.1) is 22.7 Å². The fourth-order valence-electron chi connectivity index (χ4n) is 2.19. The van der Waals surface area contributed by atoms with Gasteiger partial charge in [-0.2, -0.15) is 13.5 Å². The summed E-state index contributed by atoms with van der Waals surface area (Å²) >= 11 is 0. The minimum Gasteiger partial charge on any atom is -0.239 e. The molecule has 1 aromatic heterocycles. The molecule has 0 aliphatic heterocycles. The van der Waals surface area contributed by atoms with Gasteiger partial charge in [-0.15, -0.1) is 5.10 Å². The molecule has 2 aromatic carbocycles. The lowest BCUT2D eigenvalue weighted by atomic mass is 10.2. The van der Waals surface area contributed by atoms with Crippen LogP contribution in [0.2, 0.25) is 0 Å². The van der Waals surface area contributed by atoms with Crippen molar-refractivity contribution in [3.8, 4) is 0 Å². The molecule has 3 aromatic rings. The van der Waals surface area contributed by atoms with E-state index in [0.717, 1.165) is 16.6 Å². The van der Waals surface area contributed by atoms with Crippen LogP contribution in [0.3, 0.4) is 0 Å². The Balaban J connectivity index is 1.75. The number of rotatable bonds is 5. The van der Waals surface area contributed by atoms with Gasteiger partial charge in [-0.25, -0.2) is 9.51 Å². The maximum absolute atomic E-state index is 12.2. The van der Waals surface area contributed by atoms with Crippen molar-refractivity contribution in [3.63, 3.8) is 0 Å². The highest BCUT2D eigenvalue weighted by atomic mass is 32.2. The summed E-state index contributed by atoms with van der Waals surface area (Å²) in [6.07, 6.45) is 0. The Morgan fingerprint density at radius 2 is 1.88 bits per heavy atom. The third-order valence-electron chi connectivity index (χ3n) is 3.49. The first kappa shape index (κ1) is 16.1. The van der Waals surface area contributed by atoms with Crippen molar-refractivity contribution in [2.24, 2.45) is 5.10 Å². The summed E-state index contributed by atoms with van der Waals surface area (Å²) in [7, 11) is -3.68. The van der Waals surface area contributed by atoms with Gasteiger partial charge in [0.1, 0.15) is 5.52 Å². The lowest BCUT2D eigenvalue weighted by Crippen LogP contribution is -2.21. The quantitative estimate of drug-likeness (QED) is 0.567. The summed E-state index contributed by atoms with van der Waals surface area (Å²) < 4.78 is 26.1. The van der Waals surface area contributed by atoms with Gasteiger partial charge in [-0.05, 0) is 38.1 Å². The maximum atomic E-state index is 12.2. The first-order valence-electron chi connectivity index (χ1n) is 7.35. The monoisotopic (exact) mass is 343 g/mol. The Morgan fingerprint density at radius 3 is 2.62 bits per heavy atom. The van der Waals surface area contributed by atoms with Gasteiger partial charge in [0, 0.05) is 0 Å². The topological polar surface area (TPSA) is 89.2 Å². The smallest absolute Gasteiger partial charge is 0.239 e. The van der Waals surface area contributed by atoms with Gasteiger partial charge >= 0.3 is 0 Å². The van der Waals surface area contributed by atoms with E-state index < -0.39 is 10.0 Å². The molecule has 7 nitrogen and oxygen atoms in total. The van der Waals surface area contributed by atoms with E-state index in [9.17, 15) is 8.42 Å². The lowest BCUT2D eigenvalue weighted by Gasteiger charge is -2.06. The standard InChI is InChI=1S/C16H17N5O2S/c1-12-7-9-14(10-8-12)24(22,23)20-17-13(2)11-21-16-6-4-3-5-15(16)18-19-21/h3-10,20H,11H2,1-2H3/b17-13-. The SMILES string of the molecule is C/C(Cn1nnc2ccccc21)=N/NS(=O)(=O)c1ccc(C)cc1. The minimum atomic E-state index is -3.68. The molecule has 0 amide bonds. The molecule has 0 saturated carbocycles. The average molecular weight is 343 g/mol.